The van der Waals surface area contributed by atoms with E-state index in [9.17, 15) is 0 Å². The van der Waals surface area contributed by atoms with Crippen molar-refractivity contribution in [2.45, 2.75) is 45.9 Å². The number of aromatic nitrogens is 1. The van der Waals surface area contributed by atoms with Gasteiger partial charge in [0.1, 0.15) is 0 Å². The number of ether oxygens (including phenoxy) is 1. The van der Waals surface area contributed by atoms with Crippen LogP contribution in [0.25, 0.3) is 0 Å². The Morgan fingerprint density at radius 1 is 1.33 bits per heavy atom. The van der Waals surface area contributed by atoms with Crippen molar-refractivity contribution < 1.29 is 4.74 Å². The van der Waals surface area contributed by atoms with Gasteiger partial charge < -0.3 is 10.1 Å². The van der Waals surface area contributed by atoms with Gasteiger partial charge in [-0.3, -0.25) is 0 Å². The van der Waals surface area contributed by atoms with Crippen LogP contribution in [0, 0.1) is 6.92 Å². The predicted octanol–water partition coefficient (Wildman–Crippen LogP) is 3.77. The van der Waals surface area contributed by atoms with E-state index in [0.29, 0.717) is 6.04 Å². The molecule has 0 saturated heterocycles. The van der Waals surface area contributed by atoms with E-state index < -0.39 is 0 Å². The Hall–Kier alpha value is -1.23. The minimum absolute atomic E-state index is 0.335. The molecule has 1 aromatic heterocycles. The highest BCUT2D eigenvalue weighted by Crippen LogP contribution is 2.26. The summed E-state index contributed by atoms with van der Waals surface area (Å²) >= 11 is 1.76. The first kappa shape index (κ1) is 14.7. The lowest BCUT2D eigenvalue weighted by Crippen LogP contribution is -2.24. The van der Waals surface area contributed by atoms with Crippen molar-refractivity contribution in [3.05, 3.63) is 51.0 Å². The third-order valence-corrected chi connectivity index (χ3v) is 4.82. The molecule has 112 valence electrons. The Kier molecular flexibility index (Phi) is 4.68. The zero-order chi connectivity index (χ0) is 14.7. The minimum atomic E-state index is 0.335. The first-order valence-corrected chi connectivity index (χ1v) is 8.48. The summed E-state index contributed by atoms with van der Waals surface area (Å²) in [7, 11) is 0. The van der Waals surface area contributed by atoms with Crippen molar-refractivity contribution in [1.82, 2.24) is 10.3 Å². The molecule has 0 radical (unpaired) electrons. The second kappa shape index (κ2) is 6.69. The number of benzene rings is 1. The van der Waals surface area contributed by atoms with Gasteiger partial charge >= 0.3 is 0 Å². The molecular formula is C17H22N2OS. The van der Waals surface area contributed by atoms with Crippen LogP contribution >= 0.6 is 11.3 Å². The van der Waals surface area contributed by atoms with E-state index in [4.69, 9.17) is 4.74 Å². The van der Waals surface area contributed by atoms with E-state index in [0.717, 1.165) is 38.3 Å². The van der Waals surface area contributed by atoms with E-state index in [1.807, 2.05) is 0 Å². The van der Waals surface area contributed by atoms with Crippen molar-refractivity contribution in [2.75, 3.05) is 6.54 Å². The number of fused-ring (bicyclic) bond motifs is 1. The summed E-state index contributed by atoms with van der Waals surface area (Å²) in [6.45, 7) is 6.80. The van der Waals surface area contributed by atoms with Crippen molar-refractivity contribution in [2.24, 2.45) is 0 Å². The molecule has 1 aliphatic heterocycles. The van der Waals surface area contributed by atoms with Crippen molar-refractivity contribution in [3.8, 4) is 0 Å². The summed E-state index contributed by atoms with van der Waals surface area (Å²) in [5.41, 5.74) is 5.14. The molecular weight excluding hydrogens is 280 g/mol. The maximum Gasteiger partial charge on any atom is 0.0947 e. The standard InChI is InChI=1S/C17H22N2OS/c1-3-6-18-16(8-17-19-12(2)11-21-17)13-4-5-14-9-20-10-15(14)7-13/h4-5,7,11,16,18H,3,6,8-10H2,1-2H3. The summed E-state index contributed by atoms with van der Waals surface area (Å²) < 4.78 is 5.52. The largest absolute Gasteiger partial charge is 0.372 e. The van der Waals surface area contributed by atoms with Crippen molar-refractivity contribution >= 4 is 11.3 Å². The summed E-state index contributed by atoms with van der Waals surface area (Å²) in [4.78, 5) is 4.61. The number of hydrogen-bond acceptors (Lipinski definition) is 4. The average molecular weight is 302 g/mol. The molecule has 3 rings (SSSR count). The van der Waals surface area contributed by atoms with Crippen LogP contribution in [0.15, 0.2) is 23.6 Å². The van der Waals surface area contributed by atoms with E-state index in [1.54, 1.807) is 11.3 Å². The number of hydrogen-bond donors (Lipinski definition) is 1. The monoisotopic (exact) mass is 302 g/mol. The molecule has 0 amide bonds. The van der Waals surface area contributed by atoms with E-state index in [1.165, 1.54) is 21.7 Å². The quantitative estimate of drug-likeness (QED) is 0.882. The Morgan fingerprint density at radius 2 is 2.19 bits per heavy atom. The number of thiazole rings is 1. The third kappa shape index (κ3) is 3.51. The molecule has 4 heteroatoms. The molecule has 3 nitrogen and oxygen atoms in total. The summed E-state index contributed by atoms with van der Waals surface area (Å²) in [6.07, 6.45) is 2.10. The number of nitrogens with one attached hydrogen (secondary N) is 1. The van der Waals surface area contributed by atoms with Gasteiger partial charge in [-0.15, -0.1) is 11.3 Å². The van der Waals surface area contributed by atoms with Crippen LogP contribution in [0.3, 0.4) is 0 Å². The SMILES string of the molecule is CCCNC(Cc1nc(C)cs1)c1ccc2c(c1)COC2. The van der Waals surface area contributed by atoms with Gasteiger partial charge in [-0.05, 0) is 36.6 Å². The van der Waals surface area contributed by atoms with Gasteiger partial charge in [-0.2, -0.15) is 0 Å². The number of rotatable bonds is 6. The lowest BCUT2D eigenvalue weighted by Gasteiger charge is -2.18. The van der Waals surface area contributed by atoms with Crippen LogP contribution in [-0.4, -0.2) is 11.5 Å². The molecule has 1 aliphatic rings. The highest BCUT2D eigenvalue weighted by Gasteiger charge is 2.17. The molecule has 0 bridgehead atoms. The maximum absolute atomic E-state index is 5.52. The van der Waals surface area contributed by atoms with Crippen LogP contribution in [0.1, 0.15) is 46.8 Å². The van der Waals surface area contributed by atoms with Gasteiger partial charge in [-0.25, -0.2) is 4.98 Å². The molecule has 0 fully saturated rings. The van der Waals surface area contributed by atoms with Gasteiger partial charge in [0.25, 0.3) is 0 Å². The molecule has 1 atom stereocenters. The van der Waals surface area contributed by atoms with Crippen LogP contribution < -0.4 is 5.32 Å². The average Bonchev–Trinajstić information content (AvgIpc) is 3.11. The van der Waals surface area contributed by atoms with E-state index in [2.05, 4.69) is 47.7 Å². The first-order chi connectivity index (χ1) is 10.3. The first-order valence-electron chi connectivity index (χ1n) is 7.60. The lowest BCUT2D eigenvalue weighted by atomic mass is 9.99. The molecule has 1 unspecified atom stereocenters. The zero-order valence-corrected chi connectivity index (χ0v) is 13.5. The van der Waals surface area contributed by atoms with Gasteiger partial charge in [-0.1, -0.05) is 25.1 Å². The van der Waals surface area contributed by atoms with Crippen LogP contribution in [0.4, 0.5) is 0 Å². The second-order valence-electron chi connectivity index (χ2n) is 5.61. The summed E-state index contributed by atoms with van der Waals surface area (Å²) in [5.74, 6) is 0. The summed E-state index contributed by atoms with van der Waals surface area (Å²) in [5, 5.41) is 6.99. The van der Waals surface area contributed by atoms with E-state index >= 15 is 0 Å². The maximum atomic E-state index is 5.52. The van der Waals surface area contributed by atoms with Crippen molar-refractivity contribution in [3.63, 3.8) is 0 Å². The molecule has 0 saturated carbocycles. The molecule has 0 aliphatic carbocycles. The van der Waals surface area contributed by atoms with Gasteiger partial charge in [0.2, 0.25) is 0 Å². The molecule has 0 spiro atoms. The Labute approximate surface area is 130 Å². The smallest absolute Gasteiger partial charge is 0.0947 e. The fraction of sp³-hybridized carbons (Fsp3) is 0.471. The molecule has 1 aromatic carbocycles. The molecule has 2 heterocycles. The van der Waals surface area contributed by atoms with Crippen molar-refractivity contribution in [1.29, 1.82) is 0 Å². The van der Waals surface area contributed by atoms with Crippen LogP contribution in [0.5, 0.6) is 0 Å². The number of nitrogens with zero attached hydrogens (tertiary/aromatic N) is 1. The molecule has 2 aromatic rings. The Balaban J connectivity index is 1.80. The third-order valence-electron chi connectivity index (χ3n) is 3.83. The zero-order valence-electron chi connectivity index (χ0n) is 12.7. The predicted molar refractivity (Wildman–Crippen MR) is 86.5 cm³/mol. The van der Waals surface area contributed by atoms with Gasteiger partial charge in [0, 0.05) is 23.5 Å². The summed E-state index contributed by atoms with van der Waals surface area (Å²) in [6, 6.07) is 7.09. The second-order valence-corrected chi connectivity index (χ2v) is 6.56. The fourth-order valence-electron chi connectivity index (χ4n) is 2.71. The molecule has 21 heavy (non-hydrogen) atoms. The highest BCUT2D eigenvalue weighted by molar-refractivity contribution is 7.09. The van der Waals surface area contributed by atoms with E-state index in [-0.39, 0.29) is 0 Å². The van der Waals surface area contributed by atoms with Crippen LogP contribution in [0.2, 0.25) is 0 Å². The molecule has 1 N–H and O–H groups in total. The van der Waals surface area contributed by atoms with Gasteiger partial charge in [0.15, 0.2) is 0 Å². The lowest BCUT2D eigenvalue weighted by molar-refractivity contribution is 0.134. The minimum Gasteiger partial charge on any atom is -0.372 e. The fourth-order valence-corrected chi connectivity index (χ4v) is 3.53. The normalized spacial score (nSPS) is 15.1. The number of aryl methyl sites for hydroxylation is 1. The Bertz CT molecular complexity index is 609. The van der Waals surface area contributed by atoms with Crippen LogP contribution in [-0.2, 0) is 24.4 Å². The highest BCUT2D eigenvalue weighted by atomic mass is 32.1. The Morgan fingerprint density at radius 3 is 2.95 bits per heavy atom. The van der Waals surface area contributed by atoms with Gasteiger partial charge in [0.05, 0.1) is 18.2 Å². The topological polar surface area (TPSA) is 34.2 Å².